The molecule has 0 aliphatic rings. The van der Waals surface area contributed by atoms with E-state index in [2.05, 4.69) is 16.0 Å². The Hall–Kier alpha value is -3.84. The van der Waals surface area contributed by atoms with E-state index in [9.17, 15) is 32.9 Å². The highest BCUT2D eigenvalue weighted by Crippen LogP contribution is 2.11. The first-order chi connectivity index (χ1) is 17.9. The summed E-state index contributed by atoms with van der Waals surface area (Å²) in [4.78, 5) is 49.6. The minimum Gasteiger partial charge on any atom is -0.508 e. The van der Waals surface area contributed by atoms with Gasteiger partial charge in [-0.3, -0.25) is 23.4 Å². The van der Waals surface area contributed by atoms with Crippen LogP contribution in [0.15, 0.2) is 48.5 Å². The molecule has 4 atom stereocenters. The predicted octanol–water partition coefficient (Wildman–Crippen LogP) is -1.02. The van der Waals surface area contributed by atoms with Crippen LogP contribution >= 0.6 is 0 Å². The van der Waals surface area contributed by atoms with Gasteiger partial charge in [-0.15, -0.1) is 0 Å². The van der Waals surface area contributed by atoms with Crippen LogP contribution in [0.5, 0.6) is 5.75 Å². The second-order valence-corrected chi connectivity index (χ2v) is 10.2. The van der Waals surface area contributed by atoms with Gasteiger partial charge in [0, 0.05) is 29.2 Å². The molecule has 2 aromatic rings. The fourth-order valence-corrected chi connectivity index (χ4v) is 3.99. The Morgan fingerprint density at radius 1 is 0.921 bits per heavy atom. The lowest BCUT2D eigenvalue weighted by atomic mass is 10.0. The first-order valence-electron chi connectivity index (χ1n) is 11.7. The van der Waals surface area contributed by atoms with Gasteiger partial charge in [0.1, 0.15) is 23.7 Å². The molecule has 0 aliphatic carbocycles. The number of hydrogen-bond donors (Lipinski definition) is 6. The molecule has 0 aromatic heterocycles. The van der Waals surface area contributed by atoms with Gasteiger partial charge in [-0.1, -0.05) is 24.3 Å². The zero-order valence-electron chi connectivity index (χ0n) is 20.8. The average Bonchev–Trinajstić information content (AvgIpc) is 2.86. The number of carbonyl (C=O) groups is 4. The van der Waals surface area contributed by atoms with Gasteiger partial charge >= 0.3 is 0 Å². The Kier molecular flexibility index (Phi) is 11.8. The molecule has 206 valence electrons. The maximum atomic E-state index is 13.1. The summed E-state index contributed by atoms with van der Waals surface area (Å²) < 4.78 is 24.7. The predicted molar refractivity (Wildman–Crippen MR) is 140 cm³/mol. The van der Waals surface area contributed by atoms with Gasteiger partial charge in [-0.2, -0.15) is 0 Å². The number of amides is 4. The van der Waals surface area contributed by atoms with Crippen molar-refractivity contribution in [3.63, 3.8) is 0 Å². The number of primary amides is 1. The molecule has 38 heavy (non-hydrogen) atoms. The van der Waals surface area contributed by atoms with Crippen molar-refractivity contribution >= 4 is 34.4 Å². The molecule has 2 aromatic carbocycles. The summed E-state index contributed by atoms with van der Waals surface area (Å²) in [6.07, 6.45) is 1.65. The van der Waals surface area contributed by atoms with E-state index in [1.165, 1.54) is 42.7 Å². The number of rotatable bonds is 14. The topological polar surface area (TPSA) is 194 Å². The van der Waals surface area contributed by atoms with Crippen molar-refractivity contribution in [2.75, 3.05) is 18.6 Å². The highest BCUT2D eigenvalue weighted by molar-refractivity contribution is 7.84. The molecule has 0 spiro atoms. The number of halogens is 1. The van der Waals surface area contributed by atoms with Crippen molar-refractivity contribution in [1.29, 1.82) is 0 Å². The molecule has 0 saturated heterocycles. The Labute approximate surface area is 222 Å². The lowest BCUT2D eigenvalue weighted by Gasteiger charge is -2.21. The fraction of sp³-hybridized carbons (Fsp3) is 0.360. The quantitative estimate of drug-likeness (QED) is 0.174. The van der Waals surface area contributed by atoms with Crippen molar-refractivity contribution < 1.29 is 32.9 Å². The average molecular weight is 550 g/mol. The molecule has 0 unspecified atom stereocenters. The van der Waals surface area contributed by atoms with Crippen molar-refractivity contribution in [3.05, 3.63) is 65.5 Å². The molecule has 8 N–H and O–H groups in total. The molecule has 2 rings (SSSR count). The van der Waals surface area contributed by atoms with Gasteiger partial charge in [-0.25, -0.2) is 4.39 Å². The zero-order chi connectivity index (χ0) is 28.2. The van der Waals surface area contributed by atoms with E-state index in [4.69, 9.17) is 11.5 Å². The summed E-state index contributed by atoms with van der Waals surface area (Å²) in [6, 6.07) is 8.26. The van der Waals surface area contributed by atoms with Gasteiger partial charge in [0.2, 0.25) is 23.6 Å². The number of nitrogens with two attached hydrogens (primary N) is 2. The van der Waals surface area contributed by atoms with Gasteiger partial charge in [0.25, 0.3) is 0 Å². The van der Waals surface area contributed by atoms with Crippen LogP contribution in [0.3, 0.4) is 0 Å². The van der Waals surface area contributed by atoms with Crippen molar-refractivity contribution in [1.82, 2.24) is 16.0 Å². The fourth-order valence-electron chi connectivity index (χ4n) is 3.42. The van der Waals surface area contributed by atoms with Crippen molar-refractivity contribution in [2.45, 2.75) is 37.4 Å². The van der Waals surface area contributed by atoms with E-state index in [0.29, 0.717) is 11.1 Å². The van der Waals surface area contributed by atoms with E-state index >= 15 is 0 Å². The summed E-state index contributed by atoms with van der Waals surface area (Å²) in [6.45, 7) is -0.521. The second kappa shape index (κ2) is 14.8. The lowest BCUT2D eigenvalue weighted by molar-refractivity contribution is -0.131. The number of hydrogen-bond acceptors (Lipinski definition) is 7. The van der Waals surface area contributed by atoms with Crippen LogP contribution < -0.4 is 27.4 Å². The molecule has 0 bridgehead atoms. The third-order valence-electron chi connectivity index (χ3n) is 5.51. The molecule has 11 nitrogen and oxygen atoms in total. The second-order valence-electron chi connectivity index (χ2n) is 8.68. The number of phenols is 1. The van der Waals surface area contributed by atoms with E-state index in [1.54, 1.807) is 12.1 Å². The zero-order valence-corrected chi connectivity index (χ0v) is 21.6. The molecular formula is C25H32FN5O6S. The van der Waals surface area contributed by atoms with Gasteiger partial charge in [0.05, 0.1) is 12.6 Å². The Morgan fingerprint density at radius 2 is 1.50 bits per heavy atom. The van der Waals surface area contributed by atoms with Crippen LogP contribution in [0.2, 0.25) is 0 Å². The van der Waals surface area contributed by atoms with Crippen LogP contribution in [0.4, 0.5) is 4.39 Å². The number of aromatic hydroxyl groups is 1. The van der Waals surface area contributed by atoms with Gasteiger partial charge in [0.15, 0.2) is 0 Å². The first-order valence-corrected chi connectivity index (χ1v) is 13.4. The summed E-state index contributed by atoms with van der Waals surface area (Å²) in [5.41, 5.74) is 12.6. The van der Waals surface area contributed by atoms with E-state index in [0.717, 1.165) is 0 Å². The largest absolute Gasteiger partial charge is 0.508 e. The maximum absolute atomic E-state index is 13.1. The molecule has 0 saturated carbocycles. The summed E-state index contributed by atoms with van der Waals surface area (Å²) in [7, 11) is -1.25. The van der Waals surface area contributed by atoms with Crippen LogP contribution in [-0.2, 0) is 42.8 Å². The number of benzene rings is 2. The lowest BCUT2D eigenvalue weighted by Crippen LogP contribution is -2.54. The van der Waals surface area contributed by atoms with Crippen LogP contribution in [0.1, 0.15) is 17.5 Å². The molecule has 4 amide bonds. The van der Waals surface area contributed by atoms with Gasteiger partial charge in [-0.05, 0) is 48.2 Å². The summed E-state index contributed by atoms with van der Waals surface area (Å²) >= 11 is 0. The maximum Gasteiger partial charge on any atom is 0.243 e. The van der Waals surface area contributed by atoms with E-state index in [1.807, 2.05) is 0 Å². The van der Waals surface area contributed by atoms with E-state index in [-0.39, 0.29) is 30.8 Å². The molecular weight excluding hydrogens is 517 g/mol. The molecule has 0 aliphatic heterocycles. The third-order valence-corrected chi connectivity index (χ3v) is 6.32. The Balaban J connectivity index is 1.95. The van der Waals surface area contributed by atoms with Crippen LogP contribution in [-0.4, -0.2) is 69.6 Å². The smallest absolute Gasteiger partial charge is 0.243 e. The minimum absolute atomic E-state index is 0.0230. The molecule has 0 heterocycles. The molecule has 0 fully saturated rings. The number of phenolic OH excluding ortho intramolecular Hbond substituents is 1. The van der Waals surface area contributed by atoms with Crippen molar-refractivity contribution in [3.8, 4) is 5.75 Å². The molecule has 13 heteroatoms. The Morgan fingerprint density at radius 3 is 2.08 bits per heavy atom. The highest BCUT2D eigenvalue weighted by Gasteiger charge is 2.25. The highest BCUT2D eigenvalue weighted by atomic mass is 32.2. The summed E-state index contributed by atoms with van der Waals surface area (Å²) in [5.74, 6) is -3.13. The molecule has 0 radical (unpaired) electrons. The van der Waals surface area contributed by atoms with Crippen molar-refractivity contribution in [2.24, 2.45) is 11.5 Å². The third kappa shape index (κ3) is 10.6. The van der Waals surface area contributed by atoms with E-state index < -0.39 is 64.9 Å². The standard InChI is InChI=1S/C25H32FN5O6S/c1-38(37)11-10-20(31-24(35)19(27)12-15-4-8-18(32)9-5-15)25(36)29-14-22(33)30-21(23(28)34)13-16-2-6-17(26)7-3-16/h2-9,19-21,32H,10-14,27H2,1H3,(H2,28,34)(H,29,36)(H,30,33)(H,31,35)/t19-,20-,21+,38-/m0/s1. The van der Waals surface area contributed by atoms with Crippen LogP contribution in [0.25, 0.3) is 0 Å². The van der Waals surface area contributed by atoms with Gasteiger partial charge < -0.3 is 32.5 Å². The summed E-state index contributed by atoms with van der Waals surface area (Å²) in [5, 5.41) is 16.7. The Bertz CT molecular complexity index is 1150. The van der Waals surface area contributed by atoms with Crippen LogP contribution in [0, 0.1) is 5.82 Å². The number of carbonyl (C=O) groups excluding carboxylic acids is 4. The minimum atomic E-state index is -1.25. The number of nitrogens with one attached hydrogen (secondary N) is 3. The SMILES string of the molecule is C[S@](=O)CC[C@H](NC(=O)[C@@H](N)Cc1ccc(O)cc1)C(=O)NCC(=O)N[C@H](Cc1ccc(F)cc1)C(N)=O. The monoisotopic (exact) mass is 549 g/mol. The first kappa shape index (κ1) is 30.4. The normalized spacial score (nSPS) is 14.0.